The molecule has 0 bridgehead atoms. The fourth-order valence-electron chi connectivity index (χ4n) is 1.58. The third-order valence-corrected chi connectivity index (χ3v) is 2.34. The predicted molar refractivity (Wildman–Crippen MR) is 56.2 cm³/mol. The summed E-state index contributed by atoms with van der Waals surface area (Å²) < 4.78 is 0. The minimum atomic E-state index is 0.384. The van der Waals surface area contributed by atoms with E-state index in [0.717, 1.165) is 22.2 Å². The summed E-state index contributed by atoms with van der Waals surface area (Å²) in [6.45, 7) is 6.21. The van der Waals surface area contributed by atoms with Crippen molar-refractivity contribution < 1.29 is 0 Å². The van der Waals surface area contributed by atoms with E-state index in [-0.39, 0.29) is 0 Å². The summed E-state index contributed by atoms with van der Waals surface area (Å²) in [5.41, 5.74) is 1.99. The minimum Gasteiger partial charge on any atom is -0.264 e. The lowest BCUT2D eigenvalue weighted by Crippen LogP contribution is -1.99. The molecule has 0 unspecified atom stereocenters. The molecule has 3 nitrogen and oxygen atoms in total. The zero-order valence-electron chi connectivity index (χ0n) is 8.65. The number of aryl methyl sites for hydroxylation is 1. The molecular weight excluding hydrogens is 174 g/mol. The lowest BCUT2D eigenvalue weighted by atomic mass is 10.0. The highest BCUT2D eigenvalue weighted by atomic mass is 15.1. The smallest absolute Gasteiger partial charge is 0.0750 e. The molecule has 0 radical (unpaired) electrons. The summed E-state index contributed by atoms with van der Waals surface area (Å²) in [5, 5.41) is 10.6. The Morgan fingerprint density at radius 2 is 1.93 bits per heavy atom. The van der Waals surface area contributed by atoms with Crippen molar-refractivity contribution in [3.8, 4) is 0 Å². The van der Waals surface area contributed by atoms with Gasteiger partial charge in [0.2, 0.25) is 0 Å². The van der Waals surface area contributed by atoms with E-state index in [4.69, 9.17) is 0 Å². The van der Waals surface area contributed by atoms with Crippen molar-refractivity contribution in [2.75, 3.05) is 0 Å². The highest BCUT2D eigenvalue weighted by Gasteiger charge is 2.09. The zero-order valence-corrected chi connectivity index (χ0v) is 8.65. The molecule has 2 aromatic heterocycles. The van der Waals surface area contributed by atoms with E-state index in [0.29, 0.717) is 5.92 Å². The van der Waals surface area contributed by atoms with E-state index >= 15 is 0 Å². The van der Waals surface area contributed by atoms with Gasteiger partial charge in [-0.1, -0.05) is 13.8 Å². The number of hydrogen-bond donors (Lipinski definition) is 0. The molecule has 0 fully saturated rings. The van der Waals surface area contributed by atoms with Crippen molar-refractivity contribution in [1.29, 1.82) is 0 Å². The molecule has 0 aliphatic carbocycles. The second kappa shape index (κ2) is 3.33. The number of fused-ring (bicyclic) bond motifs is 1. The molecule has 0 aliphatic rings. The summed E-state index contributed by atoms with van der Waals surface area (Å²) in [7, 11) is 0. The van der Waals surface area contributed by atoms with Gasteiger partial charge in [-0.25, -0.2) is 0 Å². The molecule has 0 saturated carbocycles. The maximum atomic E-state index is 4.22. The molecule has 0 atom stereocenters. The Bertz CT molecular complexity index is 463. The van der Waals surface area contributed by atoms with Crippen LogP contribution in [0, 0.1) is 6.92 Å². The second-order valence-electron chi connectivity index (χ2n) is 3.75. The van der Waals surface area contributed by atoms with Crippen molar-refractivity contribution in [2.45, 2.75) is 26.7 Å². The fraction of sp³-hybridized carbons (Fsp3) is 0.364. The molecule has 0 amide bonds. The van der Waals surface area contributed by atoms with Crippen molar-refractivity contribution in [2.24, 2.45) is 0 Å². The molecule has 0 aliphatic heterocycles. The van der Waals surface area contributed by atoms with E-state index in [1.165, 1.54) is 0 Å². The van der Waals surface area contributed by atoms with Crippen LogP contribution in [0.1, 0.15) is 31.2 Å². The SMILES string of the molecule is Cc1nnc(C(C)C)c2cnccc12. The Hall–Kier alpha value is -1.51. The van der Waals surface area contributed by atoms with Gasteiger partial charge in [-0.05, 0) is 18.9 Å². The summed E-state index contributed by atoms with van der Waals surface area (Å²) >= 11 is 0. The Kier molecular flexibility index (Phi) is 2.15. The van der Waals surface area contributed by atoms with Crippen LogP contribution >= 0.6 is 0 Å². The quantitative estimate of drug-likeness (QED) is 0.688. The average Bonchev–Trinajstić information content (AvgIpc) is 2.18. The molecule has 2 aromatic rings. The van der Waals surface area contributed by atoms with E-state index < -0.39 is 0 Å². The maximum Gasteiger partial charge on any atom is 0.0750 e. The zero-order chi connectivity index (χ0) is 10.1. The van der Waals surface area contributed by atoms with Crippen LogP contribution in [-0.2, 0) is 0 Å². The summed E-state index contributed by atoms with van der Waals surface area (Å²) in [5.74, 6) is 0.384. The van der Waals surface area contributed by atoms with Gasteiger partial charge < -0.3 is 0 Å². The van der Waals surface area contributed by atoms with E-state index in [1.807, 2.05) is 19.2 Å². The van der Waals surface area contributed by atoms with Gasteiger partial charge >= 0.3 is 0 Å². The van der Waals surface area contributed by atoms with Crippen LogP contribution in [-0.4, -0.2) is 15.2 Å². The first-order chi connectivity index (χ1) is 6.70. The number of pyridine rings is 1. The van der Waals surface area contributed by atoms with E-state index in [9.17, 15) is 0 Å². The summed E-state index contributed by atoms with van der Waals surface area (Å²) in [4.78, 5) is 4.13. The van der Waals surface area contributed by atoms with Crippen LogP contribution in [0.2, 0.25) is 0 Å². The monoisotopic (exact) mass is 187 g/mol. The molecule has 2 rings (SSSR count). The molecule has 3 heteroatoms. The first kappa shape index (κ1) is 9.06. The predicted octanol–water partition coefficient (Wildman–Crippen LogP) is 2.46. The molecule has 72 valence electrons. The fourth-order valence-corrected chi connectivity index (χ4v) is 1.58. The maximum absolute atomic E-state index is 4.22. The number of nitrogens with zero attached hydrogens (tertiary/aromatic N) is 3. The Labute approximate surface area is 83.2 Å². The molecule has 2 heterocycles. The second-order valence-corrected chi connectivity index (χ2v) is 3.75. The van der Waals surface area contributed by atoms with Crippen LogP contribution in [0.5, 0.6) is 0 Å². The third-order valence-electron chi connectivity index (χ3n) is 2.34. The van der Waals surface area contributed by atoms with Gasteiger partial charge in [0.15, 0.2) is 0 Å². The van der Waals surface area contributed by atoms with Crippen LogP contribution in [0.25, 0.3) is 10.8 Å². The van der Waals surface area contributed by atoms with Gasteiger partial charge in [-0.15, -0.1) is 0 Å². The van der Waals surface area contributed by atoms with Gasteiger partial charge in [0.1, 0.15) is 0 Å². The van der Waals surface area contributed by atoms with E-state index in [1.54, 1.807) is 6.20 Å². The molecular formula is C11H13N3. The highest BCUT2D eigenvalue weighted by molar-refractivity contribution is 5.85. The van der Waals surface area contributed by atoms with E-state index in [2.05, 4.69) is 29.0 Å². The Morgan fingerprint density at radius 1 is 1.14 bits per heavy atom. The van der Waals surface area contributed by atoms with Crippen molar-refractivity contribution >= 4 is 10.8 Å². The Morgan fingerprint density at radius 3 is 2.64 bits per heavy atom. The van der Waals surface area contributed by atoms with Crippen molar-refractivity contribution in [1.82, 2.24) is 15.2 Å². The molecule has 0 spiro atoms. The lowest BCUT2D eigenvalue weighted by Gasteiger charge is -2.08. The molecule has 0 N–H and O–H groups in total. The van der Waals surface area contributed by atoms with Crippen LogP contribution < -0.4 is 0 Å². The third kappa shape index (κ3) is 1.35. The standard InChI is InChI=1S/C11H13N3/c1-7(2)11-10-6-12-5-4-9(10)8(3)13-14-11/h4-7H,1-3H3. The summed E-state index contributed by atoms with van der Waals surface area (Å²) in [6, 6.07) is 1.99. The van der Waals surface area contributed by atoms with Gasteiger partial charge in [0.05, 0.1) is 11.4 Å². The lowest BCUT2D eigenvalue weighted by molar-refractivity contribution is 0.791. The number of rotatable bonds is 1. The first-order valence-corrected chi connectivity index (χ1v) is 4.77. The molecule has 14 heavy (non-hydrogen) atoms. The van der Waals surface area contributed by atoms with Crippen LogP contribution in [0.4, 0.5) is 0 Å². The molecule has 0 aromatic carbocycles. The largest absolute Gasteiger partial charge is 0.264 e. The van der Waals surface area contributed by atoms with Gasteiger partial charge in [0, 0.05) is 23.2 Å². The highest BCUT2D eigenvalue weighted by Crippen LogP contribution is 2.22. The summed E-state index contributed by atoms with van der Waals surface area (Å²) in [6.07, 6.45) is 3.66. The number of aromatic nitrogens is 3. The van der Waals surface area contributed by atoms with Gasteiger partial charge in [0.25, 0.3) is 0 Å². The van der Waals surface area contributed by atoms with Gasteiger partial charge in [-0.3, -0.25) is 4.98 Å². The van der Waals surface area contributed by atoms with Crippen LogP contribution in [0.15, 0.2) is 18.5 Å². The molecule has 0 saturated heterocycles. The average molecular weight is 187 g/mol. The van der Waals surface area contributed by atoms with Crippen LogP contribution in [0.3, 0.4) is 0 Å². The first-order valence-electron chi connectivity index (χ1n) is 4.77. The van der Waals surface area contributed by atoms with Crippen molar-refractivity contribution in [3.05, 3.63) is 29.8 Å². The minimum absolute atomic E-state index is 0.384. The van der Waals surface area contributed by atoms with Gasteiger partial charge in [-0.2, -0.15) is 10.2 Å². The normalized spacial score (nSPS) is 11.1. The number of hydrogen-bond acceptors (Lipinski definition) is 3. The topological polar surface area (TPSA) is 38.7 Å². The Balaban J connectivity index is 2.82. The van der Waals surface area contributed by atoms with Crippen molar-refractivity contribution in [3.63, 3.8) is 0 Å².